The molecule has 3 aromatic rings. The number of rotatable bonds is 6. The molecule has 3 rings (SSSR count). The number of hydrogen-bond acceptors (Lipinski definition) is 3. The van der Waals surface area contributed by atoms with Crippen LogP contribution in [0.4, 0.5) is 0 Å². The minimum atomic E-state index is 0.690. The molecular weight excluding hydrogens is 370 g/mol. The Morgan fingerprint density at radius 2 is 1.78 bits per heavy atom. The van der Waals surface area contributed by atoms with Gasteiger partial charge in [-0.3, -0.25) is 4.57 Å². The summed E-state index contributed by atoms with van der Waals surface area (Å²) in [6, 6.07) is 18.4. The molecule has 0 amide bonds. The topological polar surface area (TPSA) is 30.7 Å². The summed E-state index contributed by atoms with van der Waals surface area (Å²) in [7, 11) is 0. The lowest BCUT2D eigenvalue weighted by molar-refractivity contribution is 0.731. The third kappa shape index (κ3) is 3.74. The van der Waals surface area contributed by atoms with E-state index in [0.29, 0.717) is 6.54 Å². The molecule has 116 valence electrons. The Morgan fingerprint density at radius 1 is 1.04 bits per heavy atom. The summed E-state index contributed by atoms with van der Waals surface area (Å²) in [5.74, 6) is 1.71. The van der Waals surface area contributed by atoms with E-state index in [4.69, 9.17) is 0 Å². The Balaban J connectivity index is 1.86. The van der Waals surface area contributed by atoms with Crippen LogP contribution >= 0.6 is 27.7 Å². The number of thioether (sulfide) groups is 1. The molecule has 5 heteroatoms. The zero-order valence-electron chi connectivity index (χ0n) is 12.5. The molecule has 1 aromatic heterocycles. The van der Waals surface area contributed by atoms with Gasteiger partial charge < -0.3 is 0 Å². The molecule has 0 spiro atoms. The fourth-order valence-electron chi connectivity index (χ4n) is 2.25. The van der Waals surface area contributed by atoms with E-state index in [9.17, 15) is 0 Å². The van der Waals surface area contributed by atoms with Gasteiger partial charge in [0.05, 0.1) is 0 Å². The predicted octanol–water partition coefficient (Wildman–Crippen LogP) is 5.19. The van der Waals surface area contributed by atoms with Gasteiger partial charge in [-0.1, -0.05) is 82.3 Å². The average Bonchev–Trinajstić information content (AvgIpc) is 2.98. The first kappa shape index (κ1) is 16.0. The monoisotopic (exact) mass is 385 g/mol. The maximum Gasteiger partial charge on any atom is 0.192 e. The first-order chi connectivity index (χ1) is 11.3. The van der Waals surface area contributed by atoms with Gasteiger partial charge in [0.15, 0.2) is 11.0 Å². The number of halogens is 1. The second kappa shape index (κ2) is 7.62. The zero-order valence-corrected chi connectivity index (χ0v) is 14.9. The highest BCUT2D eigenvalue weighted by atomic mass is 79.9. The molecule has 0 fully saturated rings. The van der Waals surface area contributed by atoms with E-state index in [0.717, 1.165) is 26.8 Å². The molecule has 0 aliphatic heterocycles. The molecule has 0 saturated heterocycles. The highest BCUT2D eigenvalue weighted by Crippen LogP contribution is 2.28. The van der Waals surface area contributed by atoms with E-state index in [2.05, 4.69) is 49.4 Å². The molecule has 0 N–H and O–H groups in total. The van der Waals surface area contributed by atoms with E-state index in [-0.39, 0.29) is 0 Å². The smallest absolute Gasteiger partial charge is 0.192 e. The summed E-state index contributed by atoms with van der Waals surface area (Å²) >= 11 is 5.27. The molecule has 0 unspecified atom stereocenters. The predicted molar refractivity (Wildman–Crippen MR) is 99.4 cm³/mol. The van der Waals surface area contributed by atoms with E-state index in [1.54, 1.807) is 11.8 Å². The van der Waals surface area contributed by atoms with Crippen molar-refractivity contribution in [3.05, 3.63) is 77.3 Å². The third-order valence-corrected chi connectivity index (χ3v) is 5.16. The van der Waals surface area contributed by atoms with Crippen LogP contribution in [0.15, 0.2) is 76.9 Å². The maximum atomic E-state index is 4.37. The summed E-state index contributed by atoms with van der Waals surface area (Å²) in [4.78, 5) is 0. The number of benzene rings is 2. The van der Waals surface area contributed by atoms with Gasteiger partial charge >= 0.3 is 0 Å². The van der Waals surface area contributed by atoms with Gasteiger partial charge in [-0.05, 0) is 11.6 Å². The molecule has 0 saturated carbocycles. The molecule has 0 aliphatic rings. The second-order valence-electron chi connectivity index (χ2n) is 4.95. The number of allylic oxidation sites excluding steroid dienone is 1. The van der Waals surface area contributed by atoms with Gasteiger partial charge in [0.1, 0.15) is 0 Å². The lowest BCUT2D eigenvalue weighted by Crippen LogP contribution is -2.00. The largest absolute Gasteiger partial charge is 0.298 e. The van der Waals surface area contributed by atoms with Gasteiger partial charge in [-0.2, -0.15) is 0 Å². The Morgan fingerprint density at radius 3 is 2.52 bits per heavy atom. The standard InChI is InChI=1S/C18H16BrN3S/c1-2-12-22-17(14-8-4-3-5-9-14)20-21-18(22)23-13-15-10-6-7-11-16(15)19/h2-11H,1,12-13H2. The quantitative estimate of drug-likeness (QED) is 0.432. The minimum absolute atomic E-state index is 0.690. The molecule has 0 radical (unpaired) electrons. The van der Waals surface area contributed by atoms with E-state index in [1.165, 1.54) is 5.56 Å². The lowest BCUT2D eigenvalue weighted by atomic mass is 10.2. The Bertz CT molecular complexity index is 799. The van der Waals surface area contributed by atoms with Gasteiger partial charge in [0.25, 0.3) is 0 Å². The van der Waals surface area contributed by atoms with Crippen molar-refractivity contribution in [1.82, 2.24) is 14.8 Å². The van der Waals surface area contributed by atoms with Crippen molar-refractivity contribution in [2.75, 3.05) is 0 Å². The van der Waals surface area contributed by atoms with Crippen LogP contribution in [0.5, 0.6) is 0 Å². The maximum absolute atomic E-state index is 4.37. The molecule has 2 aromatic carbocycles. The first-order valence-corrected chi connectivity index (χ1v) is 9.03. The van der Waals surface area contributed by atoms with Crippen molar-refractivity contribution in [2.24, 2.45) is 0 Å². The van der Waals surface area contributed by atoms with Crippen molar-refractivity contribution in [3.8, 4) is 11.4 Å². The van der Waals surface area contributed by atoms with Gasteiger partial charge in [0.2, 0.25) is 0 Å². The highest BCUT2D eigenvalue weighted by Gasteiger charge is 2.13. The highest BCUT2D eigenvalue weighted by molar-refractivity contribution is 9.10. The molecule has 1 heterocycles. The second-order valence-corrected chi connectivity index (χ2v) is 6.75. The van der Waals surface area contributed by atoms with E-state index in [1.807, 2.05) is 48.5 Å². The van der Waals surface area contributed by atoms with Crippen LogP contribution < -0.4 is 0 Å². The number of nitrogens with zero attached hydrogens (tertiary/aromatic N) is 3. The summed E-state index contributed by atoms with van der Waals surface area (Å²) in [6.07, 6.45) is 1.87. The van der Waals surface area contributed by atoms with Crippen molar-refractivity contribution >= 4 is 27.7 Å². The average molecular weight is 386 g/mol. The van der Waals surface area contributed by atoms with Crippen LogP contribution in [0, 0.1) is 0 Å². The van der Waals surface area contributed by atoms with Crippen molar-refractivity contribution in [2.45, 2.75) is 17.5 Å². The molecule has 23 heavy (non-hydrogen) atoms. The Kier molecular flexibility index (Phi) is 5.31. The zero-order chi connectivity index (χ0) is 16.1. The van der Waals surface area contributed by atoms with Gasteiger partial charge in [-0.25, -0.2) is 0 Å². The summed E-state index contributed by atoms with van der Waals surface area (Å²) < 4.78 is 3.22. The Hall–Kier alpha value is -1.85. The van der Waals surface area contributed by atoms with Crippen LogP contribution in [-0.4, -0.2) is 14.8 Å². The van der Waals surface area contributed by atoms with Crippen LogP contribution in [0.2, 0.25) is 0 Å². The summed E-state index contributed by atoms with van der Waals surface area (Å²) in [6.45, 7) is 4.54. The van der Waals surface area contributed by atoms with Crippen molar-refractivity contribution in [3.63, 3.8) is 0 Å². The van der Waals surface area contributed by atoms with Crippen molar-refractivity contribution < 1.29 is 0 Å². The molecule has 0 aliphatic carbocycles. The van der Waals surface area contributed by atoms with Gasteiger partial charge in [-0.15, -0.1) is 16.8 Å². The van der Waals surface area contributed by atoms with E-state index < -0.39 is 0 Å². The summed E-state index contributed by atoms with van der Waals surface area (Å²) in [5.41, 5.74) is 2.31. The van der Waals surface area contributed by atoms with Crippen molar-refractivity contribution in [1.29, 1.82) is 0 Å². The normalized spacial score (nSPS) is 10.7. The van der Waals surface area contributed by atoms with Crippen LogP contribution in [0.25, 0.3) is 11.4 Å². The fraction of sp³-hybridized carbons (Fsp3) is 0.111. The molecule has 3 nitrogen and oxygen atoms in total. The van der Waals surface area contributed by atoms with Crippen LogP contribution in [0.3, 0.4) is 0 Å². The number of hydrogen-bond donors (Lipinski definition) is 0. The minimum Gasteiger partial charge on any atom is -0.298 e. The lowest BCUT2D eigenvalue weighted by Gasteiger charge is -2.08. The number of aromatic nitrogens is 3. The fourth-order valence-corrected chi connectivity index (χ4v) is 3.81. The molecular formula is C18H16BrN3S. The Labute approximate surface area is 148 Å². The van der Waals surface area contributed by atoms with Crippen LogP contribution in [-0.2, 0) is 12.3 Å². The van der Waals surface area contributed by atoms with Gasteiger partial charge in [0, 0.05) is 22.3 Å². The van der Waals surface area contributed by atoms with E-state index >= 15 is 0 Å². The van der Waals surface area contributed by atoms with Crippen LogP contribution in [0.1, 0.15) is 5.56 Å². The molecule has 0 atom stereocenters. The summed E-state index contributed by atoms with van der Waals surface area (Å²) in [5, 5.41) is 9.64. The molecule has 0 bridgehead atoms. The third-order valence-electron chi connectivity index (χ3n) is 3.38. The first-order valence-electron chi connectivity index (χ1n) is 7.25. The SMILES string of the molecule is C=CCn1c(SCc2ccccc2Br)nnc1-c1ccccc1.